The molecule has 0 radical (unpaired) electrons. The van der Waals surface area contributed by atoms with Gasteiger partial charge >= 0.3 is 12.5 Å². The average molecular weight is 196 g/mol. The van der Waals surface area contributed by atoms with Crippen LogP contribution in [0.5, 0.6) is 0 Å². The first kappa shape index (κ1) is 9.51. The predicted molar refractivity (Wildman–Crippen MR) is 31.3 cm³/mol. The topological polar surface area (TPSA) is 17.8 Å². The van der Waals surface area contributed by atoms with Gasteiger partial charge in [0.1, 0.15) is 0 Å². The van der Waals surface area contributed by atoms with E-state index in [1.807, 2.05) is 0 Å². The van der Waals surface area contributed by atoms with Crippen LogP contribution in [0.1, 0.15) is 0 Å². The molecule has 0 aromatic carbocycles. The van der Waals surface area contributed by atoms with E-state index in [9.17, 15) is 22.0 Å². The highest BCUT2D eigenvalue weighted by atomic mass is 19.3. The predicted octanol–water partition coefficient (Wildman–Crippen LogP) is 1.37. The van der Waals surface area contributed by atoms with Crippen LogP contribution in [0.2, 0.25) is 0 Å². The normalized spacial score (nSPS) is 10.0. The Morgan fingerprint density at radius 2 is 1.85 bits per heavy atom. The summed E-state index contributed by atoms with van der Waals surface area (Å²) in [7, 11) is 0. The van der Waals surface area contributed by atoms with Gasteiger partial charge in [-0.15, -0.1) is 0 Å². The summed E-state index contributed by atoms with van der Waals surface area (Å²) in [6.07, 6.45) is -4.66. The number of hydrogen-bond donors (Lipinski definition) is 0. The lowest BCUT2D eigenvalue weighted by Crippen LogP contribution is -1.98. The minimum Gasteiger partial charge on any atom is -0.198 e. The Morgan fingerprint density at radius 3 is 2.23 bits per heavy atom. The molecular weight excluding hydrogens is 195 g/mol. The van der Waals surface area contributed by atoms with E-state index in [0.717, 1.165) is 5.92 Å². The SMILES string of the molecule is Fc1nc(F)n(C#CC(F)F)c1F. The van der Waals surface area contributed by atoms with Gasteiger partial charge in [-0.1, -0.05) is 0 Å². The maximum atomic E-state index is 12.4. The molecule has 1 rings (SSSR count). The lowest BCUT2D eigenvalue weighted by atomic mass is 10.7. The number of hydrogen-bond acceptors (Lipinski definition) is 1. The first-order valence-corrected chi connectivity index (χ1v) is 2.91. The van der Waals surface area contributed by atoms with E-state index in [4.69, 9.17) is 0 Å². The monoisotopic (exact) mass is 196 g/mol. The van der Waals surface area contributed by atoms with Crippen LogP contribution in [0.25, 0.3) is 0 Å². The fourth-order valence-corrected chi connectivity index (χ4v) is 0.559. The van der Waals surface area contributed by atoms with E-state index in [0.29, 0.717) is 0 Å². The summed E-state index contributed by atoms with van der Waals surface area (Å²) >= 11 is 0. The summed E-state index contributed by atoms with van der Waals surface area (Å²) in [6, 6.07) is 1.37. The summed E-state index contributed by atoms with van der Waals surface area (Å²) in [5, 5.41) is 0. The number of alkyl halides is 2. The van der Waals surface area contributed by atoms with Crippen molar-refractivity contribution < 1.29 is 22.0 Å². The number of imidazole rings is 1. The van der Waals surface area contributed by atoms with Crippen LogP contribution < -0.4 is 0 Å². The van der Waals surface area contributed by atoms with Gasteiger partial charge in [0.15, 0.2) is 0 Å². The molecule has 13 heavy (non-hydrogen) atoms. The molecule has 1 aromatic rings. The smallest absolute Gasteiger partial charge is 0.198 e. The molecule has 0 spiro atoms. The largest absolute Gasteiger partial charge is 0.306 e. The molecule has 0 aliphatic carbocycles. The third kappa shape index (κ3) is 1.96. The van der Waals surface area contributed by atoms with E-state index in [1.54, 1.807) is 0 Å². The van der Waals surface area contributed by atoms with E-state index in [-0.39, 0.29) is 4.57 Å². The van der Waals surface area contributed by atoms with Crippen molar-refractivity contribution in [3.05, 3.63) is 18.0 Å². The van der Waals surface area contributed by atoms with Gasteiger partial charge in [0, 0.05) is 6.04 Å². The van der Waals surface area contributed by atoms with Crippen molar-refractivity contribution in [3.8, 4) is 12.0 Å². The van der Waals surface area contributed by atoms with Crippen LogP contribution in [0.4, 0.5) is 22.0 Å². The average Bonchev–Trinajstić information content (AvgIpc) is 2.24. The molecule has 0 unspecified atom stereocenters. The third-order valence-electron chi connectivity index (χ3n) is 1.03. The van der Waals surface area contributed by atoms with Gasteiger partial charge in [-0.2, -0.15) is 31.5 Å². The number of halogens is 5. The summed E-state index contributed by atoms with van der Waals surface area (Å²) in [5.74, 6) is -2.30. The van der Waals surface area contributed by atoms with Crippen molar-refractivity contribution >= 4 is 0 Å². The second kappa shape index (κ2) is 3.43. The van der Waals surface area contributed by atoms with Crippen molar-refractivity contribution in [3.63, 3.8) is 0 Å². The van der Waals surface area contributed by atoms with Gasteiger partial charge in [0.2, 0.25) is 0 Å². The molecule has 7 heteroatoms. The van der Waals surface area contributed by atoms with Crippen LogP contribution in [0, 0.1) is 29.9 Å². The molecule has 0 atom stereocenters. The van der Waals surface area contributed by atoms with Crippen LogP contribution >= 0.6 is 0 Å². The van der Waals surface area contributed by atoms with Crippen LogP contribution in [0.15, 0.2) is 0 Å². The van der Waals surface area contributed by atoms with Gasteiger partial charge in [0.25, 0.3) is 11.9 Å². The van der Waals surface area contributed by atoms with Crippen LogP contribution in [0.3, 0.4) is 0 Å². The molecule has 0 amide bonds. The van der Waals surface area contributed by atoms with Gasteiger partial charge in [0.05, 0.1) is 0 Å². The van der Waals surface area contributed by atoms with Gasteiger partial charge in [-0.05, 0) is 5.92 Å². The van der Waals surface area contributed by atoms with E-state index in [1.165, 1.54) is 6.04 Å². The zero-order valence-electron chi connectivity index (χ0n) is 5.86. The summed E-state index contributed by atoms with van der Waals surface area (Å²) in [6.45, 7) is 0. The highest BCUT2D eigenvalue weighted by Crippen LogP contribution is 2.05. The van der Waals surface area contributed by atoms with Crippen LogP contribution in [-0.4, -0.2) is 16.0 Å². The van der Waals surface area contributed by atoms with E-state index in [2.05, 4.69) is 4.98 Å². The van der Waals surface area contributed by atoms with Crippen LogP contribution in [-0.2, 0) is 0 Å². The lowest BCUT2D eigenvalue weighted by molar-refractivity contribution is 0.215. The Bertz CT molecular complexity index is 372. The Labute approximate surface area is 69.0 Å². The molecule has 0 bridgehead atoms. The Balaban J connectivity index is 3.10. The maximum absolute atomic E-state index is 12.4. The summed E-state index contributed by atoms with van der Waals surface area (Å²) < 4.78 is 59.5. The third-order valence-corrected chi connectivity index (χ3v) is 1.03. The Morgan fingerprint density at radius 1 is 1.23 bits per heavy atom. The Kier molecular flexibility index (Phi) is 2.51. The van der Waals surface area contributed by atoms with E-state index >= 15 is 0 Å². The quantitative estimate of drug-likeness (QED) is 0.452. The number of rotatable bonds is 0. The first-order valence-electron chi connectivity index (χ1n) is 2.91. The molecule has 0 N–H and O–H groups in total. The zero-order chi connectivity index (χ0) is 10.0. The second-order valence-electron chi connectivity index (χ2n) is 1.85. The van der Waals surface area contributed by atoms with Crippen molar-refractivity contribution in [2.45, 2.75) is 6.43 Å². The van der Waals surface area contributed by atoms with Gasteiger partial charge < -0.3 is 0 Å². The number of nitrogens with zero attached hydrogens (tertiary/aromatic N) is 2. The maximum Gasteiger partial charge on any atom is 0.306 e. The molecule has 0 saturated carbocycles. The fraction of sp³-hybridized carbons (Fsp3) is 0.167. The van der Waals surface area contributed by atoms with E-state index < -0.39 is 24.4 Å². The summed E-state index contributed by atoms with van der Waals surface area (Å²) in [4.78, 5) is 2.40. The molecular formula is C6HF5N2. The molecule has 0 aliphatic rings. The second-order valence-corrected chi connectivity index (χ2v) is 1.85. The standard InChI is InChI=1S/C6HF5N2/c7-3(8)1-2-13-5(10)4(9)12-6(13)11/h3H. The minimum atomic E-state index is -3.05. The summed E-state index contributed by atoms with van der Waals surface area (Å²) in [5.41, 5.74) is 0. The van der Waals surface area contributed by atoms with Gasteiger partial charge in [-0.25, -0.2) is 0 Å². The minimum absolute atomic E-state index is 0.235. The van der Waals surface area contributed by atoms with Crippen molar-refractivity contribution in [2.75, 3.05) is 0 Å². The zero-order valence-corrected chi connectivity index (χ0v) is 5.86. The molecule has 0 fully saturated rings. The molecule has 2 nitrogen and oxygen atoms in total. The lowest BCUT2D eigenvalue weighted by Gasteiger charge is -1.88. The number of aromatic nitrogens is 2. The van der Waals surface area contributed by atoms with Crippen molar-refractivity contribution in [1.29, 1.82) is 0 Å². The molecule has 70 valence electrons. The molecule has 0 aliphatic heterocycles. The highest BCUT2D eigenvalue weighted by Gasteiger charge is 2.15. The van der Waals surface area contributed by atoms with Crippen molar-refractivity contribution in [2.24, 2.45) is 0 Å². The molecule has 1 aromatic heterocycles. The molecule has 0 saturated heterocycles. The first-order chi connectivity index (χ1) is 6.02. The van der Waals surface area contributed by atoms with Crippen molar-refractivity contribution in [1.82, 2.24) is 9.55 Å². The molecule has 1 heterocycles. The highest BCUT2D eigenvalue weighted by molar-refractivity contribution is 5.07. The Hall–Kier alpha value is -1.58. The van der Waals surface area contributed by atoms with Gasteiger partial charge in [-0.3, -0.25) is 0 Å². The fourth-order valence-electron chi connectivity index (χ4n) is 0.559.